The summed E-state index contributed by atoms with van der Waals surface area (Å²) in [5.74, 6) is -0.318. The number of hydrogen-bond donors (Lipinski definition) is 1. The van der Waals surface area contributed by atoms with Gasteiger partial charge < -0.3 is 9.84 Å². The summed E-state index contributed by atoms with van der Waals surface area (Å²) in [5.41, 5.74) is -1.77. The molecular formula is C25H27F6NO3. The Morgan fingerprint density at radius 3 is 2.23 bits per heavy atom. The van der Waals surface area contributed by atoms with Crippen LogP contribution in [0, 0.1) is 5.92 Å². The van der Waals surface area contributed by atoms with Crippen LogP contribution in [-0.4, -0.2) is 35.7 Å². The summed E-state index contributed by atoms with van der Waals surface area (Å²) in [5, 5.41) is 8.75. The molecule has 0 unspecified atom stereocenters. The zero-order chi connectivity index (χ0) is 25.6. The van der Waals surface area contributed by atoms with Gasteiger partial charge in [0.25, 0.3) is 0 Å². The maximum Gasteiger partial charge on any atom is 0.416 e. The van der Waals surface area contributed by atoms with Gasteiger partial charge in [0.15, 0.2) is 0 Å². The third kappa shape index (κ3) is 8.76. The lowest BCUT2D eigenvalue weighted by Gasteiger charge is -2.39. The molecule has 1 saturated carbocycles. The van der Waals surface area contributed by atoms with Crippen LogP contribution in [0.25, 0.3) is 0 Å². The molecule has 0 aromatic heterocycles. The van der Waals surface area contributed by atoms with Crippen LogP contribution in [-0.2, 0) is 30.1 Å². The summed E-state index contributed by atoms with van der Waals surface area (Å²) >= 11 is 0. The molecule has 0 amide bonds. The molecule has 1 heterocycles. The van der Waals surface area contributed by atoms with Crippen molar-refractivity contribution in [3.05, 3.63) is 64.7 Å². The number of alkyl halides is 6. The summed E-state index contributed by atoms with van der Waals surface area (Å²) in [4.78, 5) is 12.3. The highest BCUT2D eigenvalue weighted by atomic mass is 19.4. The first-order valence-corrected chi connectivity index (χ1v) is 11.3. The smallest absolute Gasteiger partial charge is 0.416 e. The third-order valence-corrected chi connectivity index (χ3v) is 5.53. The highest BCUT2D eigenvalue weighted by Gasteiger charge is 2.38. The molecule has 35 heavy (non-hydrogen) atoms. The van der Waals surface area contributed by atoms with Gasteiger partial charge in [-0.05, 0) is 47.9 Å². The summed E-state index contributed by atoms with van der Waals surface area (Å²) < 4.78 is 84.1. The molecule has 0 radical (unpaired) electrons. The first kappa shape index (κ1) is 26.8. The Morgan fingerprint density at radius 1 is 0.971 bits per heavy atom. The van der Waals surface area contributed by atoms with Crippen molar-refractivity contribution in [1.29, 1.82) is 0 Å². The zero-order valence-corrected chi connectivity index (χ0v) is 19.0. The number of likely N-dealkylation sites (tertiary alicyclic amines) is 1. The summed E-state index contributed by atoms with van der Waals surface area (Å²) in [7, 11) is 0. The quantitative estimate of drug-likeness (QED) is 0.423. The molecular weight excluding hydrogens is 476 g/mol. The Labute approximate surface area is 199 Å². The second kappa shape index (κ2) is 11.3. The first-order chi connectivity index (χ1) is 16.4. The Bertz CT molecular complexity index is 995. The Hall–Kier alpha value is -2.75. The largest absolute Gasteiger partial charge is 0.493 e. The van der Waals surface area contributed by atoms with Crippen molar-refractivity contribution in [1.82, 2.24) is 4.90 Å². The van der Waals surface area contributed by atoms with Gasteiger partial charge in [-0.3, -0.25) is 9.69 Å². The maximum atomic E-state index is 13.2. The molecule has 2 aromatic rings. The second-order valence-corrected chi connectivity index (χ2v) is 8.84. The van der Waals surface area contributed by atoms with E-state index in [1.807, 2.05) is 0 Å². The van der Waals surface area contributed by atoms with Crippen LogP contribution in [0.1, 0.15) is 47.9 Å². The van der Waals surface area contributed by atoms with E-state index in [4.69, 9.17) is 9.84 Å². The minimum absolute atomic E-state index is 0.00348. The molecule has 1 N–H and O–H groups in total. The van der Waals surface area contributed by atoms with E-state index in [1.54, 1.807) is 29.2 Å². The fourth-order valence-electron chi connectivity index (χ4n) is 3.59. The Kier molecular flexibility index (Phi) is 8.69. The van der Waals surface area contributed by atoms with Crippen molar-refractivity contribution in [3.63, 3.8) is 0 Å². The van der Waals surface area contributed by atoms with Gasteiger partial charge in [0.2, 0.25) is 0 Å². The molecule has 0 bridgehead atoms. The highest BCUT2D eigenvalue weighted by Crippen LogP contribution is 2.37. The van der Waals surface area contributed by atoms with E-state index >= 15 is 0 Å². The number of carbonyl (C=O) groups is 1. The zero-order valence-electron chi connectivity index (χ0n) is 19.0. The minimum Gasteiger partial charge on any atom is -0.493 e. The van der Waals surface area contributed by atoms with Crippen LogP contribution in [0.5, 0.6) is 5.75 Å². The highest BCUT2D eigenvalue weighted by molar-refractivity contribution is 5.67. The van der Waals surface area contributed by atoms with Gasteiger partial charge in [-0.1, -0.05) is 31.4 Å². The van der Waals surface area contributed by atoms with Crippen molar-refractivity contribution in [2.75, 3.05) is 19.7 Å². The molecule has 1 aliphatic heterocycles. The second-order valence-electron chi connectivity index (χ2n) is 8.84. The lowest BCUT2D eigenvalue weighted by atomic mass is 9.97. The fourth-order valence-corrected chi connectivity index (χ4v) is 3.59. The van der Waals surface area contributed by atoms with Crippen LogP contribution < -0.4 is 4.74 Å². The number of rotatable bonds is 8. The number of carboxylic acid groups (broad SMARTS) is 1. The molecule has 2 aromatic carbocycles. The molecule has 1 saturated heterocycles. The predicted molar refractivity (Wildman–Crippen MR) is 117 cm³/mol. The van der Waals surface area contributed by atoms with Crippen LogP contribution in [0.4, 0.5) is 26.3 Å². The van der Waals surface area contributed by atoms with Crippen molar-refractivity contribution in [2.45, 2.75) is 51.0 Å². The molecule has 0 spiro atoms. The topological polar surface area (TPSA) is 49.8 Å². The van der Waals surface area contributed by atoms with Gasteiger partial charge >= 0.3 is 18.3 Å². The average Bonchev–Trinajstić information content (AvgIpc) is 3.62. The van der Waals surface area contributed by atoms with Gasteiger partial charge in [-0.25, -0.2) is 0 Å². The standard InChI is InChI=1S/C22H21F6NO3.C3H6/c23-21(24,25)17-5-6-19(22(26,27)28)16(9-17)12-29-10-15(11-29)13-32-18-3-1-2-14(8-18)4-7-20(30)31;1-2-3-1/h1-3,5-6,8-9,15H,4,7,10-13H2,(H,30,31);1-3H2. The van der Waals surface area contributed by atoms with Crippen molar-refractivity contribution in [3.8, 4) is 5.75 Å². The molecule has 10 heteroatoms. The van der Waals surface area contributed by atoms with E-state index in [2.05, 4.69) is 0 Å². The average molecular weight is 503 g/mol. The molecule has 1 aliphatic carbocycles. The van der Waals surface area contributed by atoms with Gasteiger partial charge in [0.05, 0.1) is 17.7 Å². The number of carboxylic acids is 1. The van der Waals surface area contributed by atoms with Gasteiger partial charge in [0, 0.05) is 32.0 Å². The van der Waals surface area contributed by atoms with Crippen LogP contribution in [0.3, 0.4) is 0 Å². The Balaban J connectivity index is 0.00000106. The molecule has 4 rings (SSSR count). The molecule has 192 valence electrons. The molecule has 4 nitrogen and oxygen atoms in total. The third-order valence-electron chi connectivity index (χ3n) is 5.53. The van der Waals surface area contributed by atoms with E-state index in [1.165, 1.54) is 19.3 Å². The number of benzene rings is 2. The fraction of sp³-hybridized carbons (Fsp3) is 0.480. The molecule has 2 fully saturated rings. The van der Waals surface area contributed by atoms with Crippen molar-refractivity contribution >= 4 is 5.97 Å². The Morgan fingerprint density at radius 2 is 1.66 bits per heavy atom. The van der Waals surface area contributed by atoms with Crippen LogP contribution >= 0.6 is 0 Å². The van der Waals surface area contributed by atoms with Crippen molar-refractivity contribution in [2.24, 2.45) is 5.92 Å². The molecule has 2 aliphatic rings. The summed E-state index contributed by atoms with van der Waals surface area (Å²) in [6.07, 6.45) is -4.60. The van der Waals surface area contributed by atoms with Gasteiger partial charge in [-0.2, -0.15) is 26.3 Å². The molecule has 0 atom stereocenters. The number of ether oxygens (including phenoxy) is 1. The first-order valence-electron chi connectivity index (χ1n) is 11.3. The normalized spacial score (nSPS) is 16.2. The minimum atomic E-state index is -4.74. The summed E-state index contributed by atoms with van der Waals surface area (Å²) in [6, 6.07) is 8.48. The number of aryl methyl sites for hydroxylation is 1. The number of aliphatic carboxylic acids is 1. The van der Waals surface area contributed by atoms with E-state index in [0.29, 0.717) is 50.1 Å². The van der Waals surface area contributed by atoms with Crippen molar-refractivity contribution < 1.29 is 41.0 Å². The maximum absolute atomic E-state index is 13.2. The van der Waals surface area contributed by atoms with E-state index in [0.717, 1.165) is 5.56 Å². The monoisotopic (exact) mass is 503 g/mol. The van der Waals surface area contributed by atoms with E-state index in [9.17, 15) is 31.1 Å². The number of hydrogen-bond acceptors (Lipinski definition) is 3. The predicted octanol–water partition coefficient (Wildman–Crippen LogP) is 6.42. The SMILES string of the molecule is C1CC1.O=C(O)CCc1cccc(OCC2CN(Cc3cc(C(F)(F)F)ccc3C(F)(F)F)C2)c1. The van der Waals surface area contributed by atoms with Gasteiger partial charge in [0.1, 0.15) is 5.75 Å². The van der Waals surface area contributed by atoms with Crippen LogP contribution in [0.2, 0.25) is 0 Å². The number of nitrogens with zero attached hydrogens (tertiary/aromatic N) is 1. The van der Waals surface area contributed by atoms with E-state index < -0.39 is 35.0 Å². The lowest BCUT2D eigenvalue weighted by Crippen LogP contribution is -2.48. The van der Waals surface area contributed by atoms with E-state index in [-0.39, 0.29) is 18.9 Å². The summed E-state index contributed by atoms with van der Waals surface area (Å²) in [6.45, 7) is 0.853. The van der Waals surface area contributed by atoms with Crippen LogP contribution in [0.15, 0.2) is 42.5 Å². The lowest BCUT2D eigenvalue weighted by molar-refractivity contribution is -0.142. The van der Waals surface area contributed by atoms with Gasteiger partial charge in [-0.15, -0.1) is 0 Å². The number of halogens is 6.